The lowest BCUT2D eigenvalue weighted by Crippen LogP contribution is -2.35. The summed E-state index contributed by atoms with van der Waals surface area (Å²) < 4.78 is 18.2. The smallest absolute Gasteiger partial charge is 0.333 e. The normalized spacial score (nSPS) is 15.0. The summed E-state index contributed by atoms with van der Waals surface area (Å²) in [6, 6.07) is 7.85. The zero-order valence-corrected chi connectivity index (χ0v) is 28.9. The van der Waals surface area contributed by atoms with Crippen LogP contribution in [0.2, 0.25) is 0 Å². The van der Waals surface area contributed by atoms with E-state index in [2.05, 4.69) is 18.8 Å². The molecule has 0 aliphatic rings. The third-order valence-corrected chi connectivity index (χ3v) is 7.83. The number of rotatable bonds is 15. The van der Waals surface area contributed by atoms with Crippen LogP contribution in [0, 0.1) is 0 Å². The van der Waals surface area contributed by atoms with E-state index in [1.54, 1.807) is 19.9 Å². The first kappa shape index (κ1) is 38.6. The Balaban J connectivity index is 0.00000474. The fraction of sp³-hybridized carbons (Fsp3) is 0.571. The third-order valence-electron chi connectivity index (χ3n) is 7.83. The van der Waals surface area contributed by atoms with Crippen molar-refractivity contribution in [1.29, 1.82) is 0 Å². The molecule has 0 fully saturated rings. The first-order valence-corrected chi connectivity index (χ1v) is 15.5. The van der Waals surface area contributed by atoms with Crippen LogP contribution in [-0.4, -0.2) is 52.7 Å². The molecule has 0 bridgehead atoms. The van der Waals surface area contributed by atoms with Crippen LogP contribution in [0.1, 0.15) is 117 Å². The molecule has 0 radical (unpaired) electrons. The molecular weight excluding hydrogens is 558 g/mol. The highest BCUT2D eigenvalue weighted by Gasteiger charge is 2.32. The van der Waals surface area contributed by atoms with E-state index in [9.17, 15) is 14.4 Å². The van der Waals surface area contributed by atoms with E-state index in [4.69, 9.17) is 19.9 Å². The molecule has 2 aromatic heterocycles. The topological polar surface area (TPSA) is 126 Å². The summed E-state index contributed by atoms with van der Waals surface area (Å²) >= 11 is 0. The quantitative estimate of drug-likeness (QED) is 0.0996. The van der Waals surface area contributed by atoms with Gasteiger partial charge < -0.3 is 29.5 Å². The lowest BCUT2D eigenvalue weighted by atomic mass is 9.85. The lowest BCUT2D eigenvalue weighted by molar-refractivity contribution is -0.144. The number of nitrogens with zero attached hydrogens (tertiary/aromatic N) is 1. The second-order valence-corrected chi connectivity index (χ2v) is 11.8. The summed E-state index contributed by atoms with van der Waals surface area (Å²) in [5, 5.41) is 0. The highest BCUT2D eigenvalue weighted by Crippen LogP contribution is 2.34. The molecule has 0 saturated heterocycles. The summed E-state index contributed by atoms with van der Waals surface area (Å²) in [6.45, 7) is 21.2. The van der Waals surface area contributed by atoms with Gasteiger partial charge in [-0.1, -0.05) is 26.0 Å². The van der Waals surface area contributed by atoms with Gasteiger partial charge in [0.2, 0.25) is 0 Å². The average molecular weight is 614 g/mol. The molecule has 0 aliphatic heterocycles. The lowest BCUT2D eigenvalue weighted by Gasteiger charge is -2.27. The van der Waals surface area contributed by atoms with E-state index in [-0.39, 0.29) is 24.0 Å². The molecule has 0 aromatic carbocycles. The van der Waals surface area contributed by atoms with Crippen molar-refractivity contribution in [2.45, 2.75) is 112 Å². The summed E-state index contributed by atoms with van der Waals surface area (Å²) in [6.07, 6.45) is 4.35. The standard InChI is InChI=1S/C33H49N3O6.C2H6/c1-21(31(39)42-24(4)18-19-40-23(3)17-20-41-26(6)38)11-12-22(2)33(9,34)29-15-14-28(35-29)32(7,8)30-16-13-27(25(5)37)36(30)10;1-2/h11-16,23-24,35H,17-20,34H2,1-10H3;1-2H3/b21-11+,22-12+;. The van der Waals surface area contributed by atoms with E-state index in [0.717, 1.165) is 22.7 Å². The van der Waals surface area contributed by atoms with Crippen molar-refractivity contribution in [3.05, 3.63) is 70.3 Å². The zero-order chi connectivity index (χ0) is 33.8. The molecule has 3 N–H and O–H groups in total. The number of aromatic nitrogens is 2. The Bertz CT molecular complexity index is 1310. The molecular formula is C35H55N3O6. The molecule has 3 unspecified atom stereocenters. The molecule has 2 heterocycles. The largest absolute Gasteiger partial charge is 0.466 e. The number of hydrogen-bond acceptors (Lipinski definition) is 7. The highest BCUT2D eigenvalue weighted by molar-refractivity contribution is 5.92. The van der Waals surface area contributed by atoms with Crippen LogP contribution >= 0.6 is 0 Å². The van der Waals surface area contributed by atoms with E-state index in [0.29, 0.717) is 37.3 Å². The van der Waals surface area contributed by atoms with Gasteiger partial charge in [0.05, 0.1) is 30.6 Å². The van der Waals surface area contributed by atoms with Crippen molar-refractivity contribution in [3.8, 4) is 0 Å². The molecule has 0 amide bonds. The monoisotopic (exact) mass is 613 g/mol. The van der Waals surface area contributed by atoms with Crippen LogP contribution in [0.25, 0.3) is 0 Å². The molecule has 0 aliphatic carbocycles. The molecule has 246 valence electrons. The average Bonchev–Trinajstić information content (AvgIpc) is 3.61. The number of esters is 2. The maximum Gasteiger partial charge on any atom is 0.333 e. The molecule has 3 atom stereocenters. The minimum Gasteiger partial charge on any atom is -0.466 e. The van der Waals surface area contributed by atoms with Gasteiger partial charge >= 0.3 is 11.9 Å². The van der Waals surface area contributed by atoms with Crippen molar-refractivity contribution in [3.63, 3.8) is 0 Å². The molecule has 0 saturated carbocycles. The number of hydrogen-bond donors (Lipinski definition) is 2. The van der Waals surface area contributed by atoms with Gasteiger partial charge in [0.15, 0.2) is 5.78 Å². The maximum atomic E-state index is 12.6. The number of aromatic amines is 1. The van der Waals surface area contributed by atoms with E-state index in [1.165, 1.54) is 6.92 Å². The summed E-state index contributed by atoms with van der Waals surface area (Å²) in [5.74, 6) is -0.680. The van der Waals surface area contributed by atoms with Gasteiger partial charge in [-0.15, -0.1) is 0 Å². The van der Waals surface area contributed by atoms with Gasteiger partial charge in [-0.2, -0.15) is 0 Å². The maximum absolute atomic E-state index is 12.6. The molecule has 9 heteroatoms. The Hall–Kier alpha value is -3.43. The minimum atomic E-state index is -0.815. The highest BCUT2D eigenvalue weighted by atomic mass is 16.5. The summed E-state index contributed by atoms with van der Waals surface area (Å²) in [5.41, 5.74) is 10.4. The second kappa shape index (κ2) is 17.2. The number of carbonyl (C=O) groups is 3. The van der Waals surface area contributed by atoms with Gasteiger partial charge in [-0.25, -0.2) is 4.79 Å². The molecule has 2 aromatic rings. The zero-order valence-electron chi connectivity index (χ0n) is 28.9. The van der Waals surface area contributed by atoms with Gasteiger partial charge in [-0.3, -0.25) is 9.59 Å². The first-order valence-electron chi connectivity index (χ1n) is 15.5. The number of nitrogens with one attached hydrogen (secondary N) is 1. The van der Waals surface area contributed by atoms with Crippen molar-refractivity contribution < 1.29 is 28.6 Å². The molecule has 44 heavy (non-hydrogen) atoms. The Kier molecular flexibility index (Phi) is 15.1. The van der Waals surface area contributed by atoms with Gasteiger partial charge in [0.25, 0.3) is 0 Å². The van der Waals surface area contributed by atoms with Crippen molar-refractivity contribution in [2.75, 3.05) is 13.2 Å². The Morgan fingerprint density at radius 3 is 2.07 bits per heavy atom. The molecule has 0 spiro atoms. The van der Waals surface area contributed by atoms with Crippen molar-refractivity contribution in [2.24, 2.45) is 12.8 Å². The third kappa shape index (κ3) is 10.6. The van der Waals surface area contributed by atoms with Gasteiger partial charge in [0, 0.05) is 61.8 Å². The summed E-state index contributed by atoms with van der Waals surface area (Å²) in [4.78, 5) is 39.0. The van der Waals surface area contributed by atoms with Crippen molar-refractivity contribution >= 4 is 17.7 Å². The Morgan fingerprint density at radius 1 is 0.909 bits per heavy atom. The predicted octanol–water partition coefficient (Wildman–Crippen LogP) is 6.65. The predicted molar refractivity (Wildman–Crippen MR) is 176 cm³/mol. The van der Waals surface area contributed by atoms with Crippen LogP contribution in [-0.2, 0) is 41.8 Å². The van der Waals surface area contributed by atoms with Crippen LogP contribution in [0.3, 0.4) is 0 Å². The number of allylic oxidation sites excluding steroid dienone is 2. The Morgan fingerprint density at radius 2 is 1.50 bits per heavy atom. The number of carbonyl (C=O) groups excluding carboxylic acids is 3. The van der Waals surface area contributed by atoms with E-state index in [1.807, 2.05) is 83.5 Å². The number of ether oxygens (including phenoxy) is 3. The van der Waals surface area contributed by atoms with Crippen LogP contribution < -0.4 is 5.73 Å². The number of ketones is 1. The van der Waals surface area contributed by atoms with Crippen LogP contribution in [0.4, 0.5) is 0 Å². The fourth-order valence-corrected chi connectivity index (χ4v) is 4.62. The minimum absolute atomic E-state index is 0.0249. The Labute approximate surface area is 264 Å². The molecule has 9 nitrogen and oxygen atoms in total. The summed E-state index contributed by atoms with van der Waals surface area (Å²) in [7, 11) is 1.91. The van der Waals surface area contributed by atoms with Gasteiger partial charge in [0.1, 0.15) is 6.10 Å². The van der Waals surface area contributed by atoms with Gasteiger partial charge in [-0.05, 0) is 78.3 Å². The molecule has 2 rings (SSSR count). The van der Waals surface area contributed by atoms with Crippen LogP contribution in [0.5, 0.6) is 0 Å². The number of nitrogens with two attached hydrogens (primary N) is 1. The van der Waals surface area contributed by atoms with E-state index < -0.39 is 16.9 Å². The van der Waals surface area contributed by atoms with E-state index >= 15 is 0 Å². The van der Waals surface area contributed by atoms with Crippen molar-refractivity contribution in [1.82, 2.24) is 9.55 Å². The van der Waals surface area contributed by atoms with Crippen LogP contribution in [0.15, 0.2) is 47.6 Å². The first-order chi connectivity index (χ1) is 20.5. The number of H-pyrrole nitrogens is 1. The second-order valence-electron chi connectivity index (χ2n) is 11.8. The number of Topliss-reactive ketones (excluding diaryl/α,β-unsaturated/α-hetero) is 1. The SMILES string of the molecule is CC.CC(=O)OCCC(C)OCCC(C)OC(=O)/C(C)=C/C=C(\C)C(C)(N)c1ccc(C(C)(C)c2ccc(C(C)=O)n2C)[nH]1. The fourth-order valence-electron chi connectivity index (χ4n) is 4.62.